The predicted octanol–water partition coefficient (Wildman–Crippen LogP) is 6.26. The van der Waals surface area contributed by atoms with Crippen LogP contribution in [0.4, 0.5) is 0 Å². The summed E-state index contributed by atoms with van der Waals surface area (Å²) in [5.41, 5.74) is 2.45. The third kappa shape index (κ3) is 8.69. The fraction of sp³-hybridized carbons (Fsp3) is 0.483. The summed E-state index contributed by atoms with van der Waals surface area (Å²) in [6, 6.07) is 12.5. The number of aliphatic imine (C=N–C) groups is 2. The Morgan fingerprint density at radius 1 is 1.05 bits per heavy atom. The Morgan fingerprint density at radius 2 is 1.87 bits per heavy atom. The number of aryl methyl sites for hydroxylation is 1. The summed E-state index contributed by atoms with van der Waals surface area (Å²) in [4.78, 5) is 25.4. The van der Waals surface area contributed by atoms with Crippen molar-refractivity contribution in [3.63, 3.8) is 0 Å². The number of benzene rings is 2. The molecular formula is C29H35Cl2N3O4S. The number of thioether (sulfide) groups is 1. The number of rotatable bonds is 11. The maximum Gasteiger partial charge on any atom is 0.317 e. The number of esters is 1. The molecular weight excluding hydrogens is 557 g/mol. The summed E-state index contributed by atoms with van der Waals surface area (Å²) >= 11 is 13.9. The Morgan fingerprint density at radius 3 is 2.62 bits per heavy atom. The van der Waals surface area contributed by atoms with E-state index in [4.69, 9.17) is 42.4 Å². The first kappa shape index (κ1) is 29.9. The Kier molecular flexibility index (Phi) is 11.5. The largest absolute Gasteiger partial charge is 0.490 e. The van der Waals surface area contributed by atoms with Gasteiger partial charge in [0, 0.05) is 6.54 Å². The summed E-state index contributed by atoms with van der Waals surface area (Å²) in [5, 5.41) is 1.41. The van der Waals surface area contributed by atoms with Crippen LogP contribution in [-0.2, 0) is 14.3 Å². The maximum atomic E-state index is 13.5. The van der Waals surface area contributed by atoms with Gasteiger partial charge in [0.2, 0.25) is 0 Å². The molecule has 1 fully saturated rings. The Balaban J connectivity index is 1.46. The lowest BCUT2D eigenvalue weighted by Crippen LogP contribution is -2.38. The number of hydrogen-bond donors (Lipinski definition) is 0. The van der Waals surface area contributed by atoms with Crippen molar-refractivity contribution >= 4 is 51.8 Å². The molecule has 2 aliphatic rings. The van der Waals surface area contributed by atoms with Crippen molar-refractivity contribution in [3.8, 4) is 5.75 Å². The molecule has 210 valence electrons. The highest BCUT2D eigenvalue weighted by molar-refractivity contribution is 8.13. The highest BCUT2D eigenvalue weighted by Gasteiger charge is 2.38. The quantitative estimate of drug-likeness (QED) is 0.227. The van der Waals surface area contributed by atoms with Crippen molar-refractivity contribution < 1.29 is 19.0 Å². The number of amidine groups is 1. The van der Waals surface area contributed by atoms with Crippen molar-refractivity contribution in [2.45, 2.75) is 32.2 Å². The van der Waals surface area contributed by atoms with Gasteiger partial charge in [0.1, 0.15) is 24.9 Å². The number of carbonyl (C=O) groups excluding carboxylic acids is 1. The molecule has 0 saturated carbocycles. The number of carbonyl (C=O) groups is 1. The van der Waals surface area contributed by atoms with Gasteiger partial charge in [0.15, 0.2) is 5.17 Å². The molecule has 2 aromatic rings. The SMILES string of the molecule is CSC1=NC(c2ccc(Cl)c(Cl)c2)C(C(=O)OCCOc2cccc(C)c2)C(COCCN2CCCCC2)=N1. The van der Waals surface area contributed by atoms with Crippen LogP contribution in [0.1, 0.15) is 36.4 Å². The maximum absolute atomic E-state index is 13.5. The number of piperidine rings is 1. The lowest BCUT2D eigenvalue weighted by atomic mass is 9.88. The van der Waals surface area contributed by atoms with E-state index in [-0.39, 0.29) is 19.8 Å². The van der Waals surface area contributed by atoms with Crippen molar-refractivity contribution in [2.24, 2.45) is 15.9 Å². The summed E-state index contributed by atoms with van der Waals surface area (Å²) in [7, 11) is 0. The summed E-state index contributed by atoms with van der Waals surface area (Å²) in [6.45, 7) is 6.17. The van der Waals surface area contributed by atoms with Gasteiger partial charge in [0.25, 0.3) is 0 Å². The number of nitrogens with zero attached hydrogens (tertiary/aromatic N) is 3. The molecule has 0 radical (unpaired) electrons. The van der Waals surface area contributed by atoms with E-state index in [9.17, 15) is 4.79 Å². The molecule has 2 aromatic carbocycles. The second kappa shape index (κ2) is 15.1. The van der Waals surface area contributed by atoms with Gasteiger partial charge >= 0.3 is 5.97 Å². The predicted molar refractivity (Wildman–Crippen MR) is 160 cm³/mol. The molecule has 0 amide bonds. The third-order valence-electron chi connectivity index (χ3n) is 6.72. The van der Waals surface area contributed by atoms with Gasteiger partial charge in [-0.2, -0.15) is 0 Å². The van der Waals surface area contributed by atoms with Crippen LogP contribution < -0.4 is 4.74 Å². The van der Waals surface area contributed by atoms with Crippen LogP contribution in [0.5, 0.6) is 5.75 Å². The lowest BCUT2D eigenvalue weighted by molar-refractivity contribution is -0.147. The minimum Gasteiger partial charge on any atom is -0.490 e. The van der Waals surface area contributed by atoms with Crippen LogP contribution >= 0.6 is 35.0 Å². The molecule has 7 nitrogen and oxygen atoms in total. The van der Waals surface area contributed by atoms with E-state index in [0.717, 1.165) is 36.5 Å². The lowest BCUT2D eigenvalue weighted by Gasteiger charge is -2.29. The second-order valence-corrected chi connectivity index (χ2v) is 11.2. The van der Waals surface area contributed by atoms with Crippen LogP contribution in [0.25, 0.3) is 0 Å². The molecule has 2 atom stereocenters. The summed E-state index contributed by atoms with van der Waals surface area (Å²) in [6.07, 6.45) is 5.66. The van der Waals surface area contributed by atoms with Crippen LogP contribution in [0.3, 0.4) is 0 Å². The molecule has 0 aliphatic carbocycles. The number of hydrogen-bond acceptors (Lipinski definition) is 8. The fourth-order valence-corrected chi connectivity index (χ4v) is 5.43. The number of halogens is 2. The molecule has 0 aromatic heterocycles. The van der Waals surface area contributed by atoms with E-state index in [1.807, 2.05) is 43.5 Å². The molecule has 10 heteroatoms. The highest BCUT2D eigenvalue weighted by atomic mass is 35.5. The minimum absolute atomic E-state index is 0.0968. The smallest absolute Gasteiger partial charge is 0.317 e. The zero-order valence-corrected chi connectivity index (χ0v) is 24.7. The molecule has 2 aliphatic heterocycles. The van der Waals surface area contributed by atoms with Gasteiger partial charge in [-0.05, 0) is 74.5 Å². The standard InChI is InChI=1S/C29H35Cl2N3O4S/c1-20-7-6-8-22(17-20)37-15-16-38-28(35)26-25(19-36-14-13-34-11-4-3-5-12-34)32-29(39-2)33-27(26)21-9-10-23(30)24(31)18-21/h6-10,17-18,26-27H,3-5,11-16,19H2,1-2H3. The summed E-state index contributed by atoms with van der Waals surface area (Å²) in [5.74, 6) is -0.454. The van der Waals surface area contributed by atoms with Crippen molar-refractivity contribution in [1.29, 1.82) is 0 Å². The monoisotopic (exact) mass is 591 g/mol. The first-order valence-electron chi connectivity index (χ1n) is 13.2. The van der Waals surface area contributed by atoms with Gasteiger partial charge in [-0.25, -0.2) is 4.99 Å². The Hall–Kier alpha value is -2.10. The minimum atomic E-state index is -0.757. The van der Waals surface area contributed by atoms with Crippen LogP contribution in [-0.4, -0.2) is 74.1 Å². The zero-order valence-electron chi connectivity index (χ0n) is 22.4. The first-order chi connectivity index (χ1) is 18.9. The third-order valence-corrected chi connectivity index (χ3v) is 8.02. The average Bonchev–Trinajstić information content (AvgIpc) is 2.95. The normalized spacial score (nSPS) is 19.8. The van der Waals surface area contributed by atoms with Gasteiger partial charge in [0.05, 0.1) is 35.0 Å². The van der Waals surface area contributed by atoms with Gasteiger partial charge < -0.3 is 19.1 Å². The van der Waals surface area contributed by atoms with Gasteiger partial charge in [-0.1, -0.05) is 59.6 Å². The molecule has 4 rings (SSSR count). The molecule has 1 saturated heterocycles. The average molecular weight is 593 g/mol. The Labute approximate surface area is 244 Å². The van der Waals surface area contributed by atoms with Crippen molar-refractivity contribution in [2.75, 3.05) is 52.3 Å². The molecule has 2 heterocycles. The van der Waals surface area contributed by atoms with E-state index in [1.165, 1.54) is 31.0 Å². The molecule has 0 bridgehead atoms. The van der Waals surface area contributed by atoms with Crippen LogP contribution in [0.2, 0.25) is 10.0 Å². The fourth-order valence-electron chi connectivity index (χ4n) is 4.70. The van der Waals surface area contributed by atoms with E-state index >= 15 is 0 Å². The van der Waals surface area contributed by atoms with E-state index in [1.54, 1.807) is 12.1 Å². The van der Waals surface area contributed by atoms with E-state index < -0.39 is 17.9 Å². The van der Waals surface area contributed by atoms with Gasteiger partial charge in [-0.3, -0.25) is 9.79 Å². The van der Waals surface area contributed by atoms with Crippen LogP contribution in [0.15, 0.2) is 52.4 Å². The first-order valence-corrected chi connectivity index (χ1v) is 15.2. The summed E-state index contributed by atoms with van der Waals surface area (Å²) < 4.78 is 17.5. The molecule has 0 spiro atoms. The van der Waals surface area contributed by atoms with Gasteiger partial charge in [-0.15, -0.1) is 0 Å². The van der Waals surface area contributed by atoms with Crippen LogP contribution in [0, 0.1) is 12.8 Å². The van der Waals surface area contributed by atoms with Crippen molar-refractivity contribution in [3.05, 3.63) is 63.6 Å². The van der Waals surface area contributed by atoms with Crippen molar-refractivity contribution in [1.82, 2.24) is 4.90 Å². The van der Waals surface area contributed by atoms with E-state index in [2.05, 4.69) is 9.89 Å². The zero-order chi connectivity index (χ0) is 27.6. The Bertz CT molecular complexity index is 1190. The number of ether oxygens (including phenoxy) is 3. The molecule has 39 heavy (non-hydrogen) atoms. The molecule has 2 unspecified atom stereocenters. The topological polar surface area (TPSA) is 72.7 Å². The van der Waals surface area contributed by atoms with E-state index in [0.29, 0.717) is 27.5 Å². The molecule has 0 N–H and O–H groups in total. The second-order valence-electron chi connectivity index (χ2n) is 9.60. The highest BCUT2D eigenvalue weighted by Crippen LogP contribution is 2.36. The number of likely N-dealkylation sites (tertiary alicyclic amines) is 1.